The maximum atomic E-state index is 12.3. The monoisotopic (exact) mass is 327 g/mol. The lowest BCUT2D eigenvalue weighted by Gasteiger charge is -2.13. The number of rotatable bonds is 5. The fourth-order valence-corrected chi connectivity index (χ4v) is 2.69. The summed E-state index contributed by atoms with van der Waals surface area (Å²) in [5.41, 5.74) is 3.41. The van der Waals surface area contributed by atoms with Gasteiger partial charge < -0.3 is 19.9 Å². The molecule has 1 aliphatic rings. The van der Waals surface area contributed by atoms with E-state index in [9.17, 15) is 9.90 Å². The number of aryl methyl sites for hydroxylation is 2. The van der Waals surface area contributed by atoms with Crippen LogP contribution in [0.3, 0.4) is 0 Å². The first kappa shape index (κ1) is 16.3. The van der Waals surface area contributed by atoms with E-state index in [0.717, 1.165) is 16.7 Å². The number of nitrogens with one attached hydrogen (secondary N) is 1. The highest BCUT2D eigenvalue weighted by atomic mass is 16.7. The second kappa shape index (κ2) is 6.93. The van der Waals surface area contributed by atoms with Crippen LogP contribution in [0.1, 0.15) is 39.6 Å². The first-order chi connectivity index (χ1) is 11.5. The normalized spacial score (nSPS) is 13.6. The summed E-state index contributed by atoms with van der Waals surface area (Å²) in [7, 11) is 0. The van der Waals surface area contributed by atoms with E-state index in [4.69, 9.17) is 9.47 Å². The average molecular weight is 327 g/mol. The predicted molar refractivity (Wildman–Crippen MR) is 90.4 cm³/mol. The van der Waals surface area contributed by atoms with Crippen molar-refractivity contribution in [2.24, 2.45) is 0 Å². The van der Waals surface area contributed by atoms with Gasteiger partial charge >= 0.3 is 0 Å². The molecule has 3 rings (SSSR count). The molecule has 0 aliphatic carbocycles. The summed E-state index contributed by atoms with van der Waals surface area (Å²) < 4.78 is 10.6. The summed E-state index contributed by atoms with van der Waals surface area (Å²) in [6.45, 7) is 4.47. The largest absolute Gasteiger partial charge is 0.454 e. The molecule has 0 bridgehead atoms. The van der Waals surface area contributed by atoms with Gasteiger partial charge in [-0.25, -0.2) is 0 Å². The first-order valence-electron chi connectivity index (χ1n) is 7.97. The smallest absolute Gasteiger partial charge is 0.251 e. The number of carbonyl (C=O) groups excluding carboxylic acids is 1. The number of aliphatic hydroxyl groups is 1. The van der Waals surface area contributed by atoms with Gasteiger partial charge in [0.2, 0.25) is 6.79 Å². The van der Waals surface area contributed by atoms with Gasteiger partial charge in [0.1, 0.15) is 0 Å². The molecule has 1 aliphatic heterocycles. The van der Waals surface area contributed by atoms with Crippen LogP contribution in [0.15, 0.2) is 36.4 Å². The van der Waals surface area contributed by atoms with Gasteiger partial charge in [-0.05, 0) is 49.6 Å². The molecular formula is C19H21NO4. The zero-order valence-electron chi connectivity index (χ0n) is 13.8. The highest BCUT2D eigenvalue weighted by molar-refractivity contribution is 5.95. The summed E-state index contributed by atoms with van der Waals surface area (Å²) in [6, 6.07) is 11.2. The Morgan fingerprint density at radius 2 is 1.96 bits per heavy atom. The number of ether oxygens (including phenoxy) is 2. The lowest BCUT2D eigenvalue weighted by atomic mass is 10.0. The fraction of sp³-hybridized carbons (Fsp3) is 0.316. The Morgan fingerprint density at radius 3 is 2.79 bits per heavy atom. The number of carbonyl (C=O) groups is 1. The van der Waals surface area contributed by atoms with Gasteiger partial charge in [-0.2, -0.15) is 0 Å². The van der Waals surface area contributed by atoms with E-state index in [2.05, 4.69) is 5.32 Å². The minimum absolute atomic E-state index is 0.117. The van der Waals surface area contributed by atoms with Crippen molar-refractivity contribution in [2.75, 3.05) is 13.3 Å². The second-order valence-corrected chi connectivity index (χ2v) is 5.99. The number of aliphatic hydroxyl groups excluding tert-OH is 1. The van der Waals surface area contributed by atoms with Crippen molar-refractivity contribution in [1.82, 2.24) is 5.32 Å². The first-order valence-corrected chi connectivity index (χ1v) is 7.97. The lowest BCUT2D eigenvalue weighted by Crippen LogP contribution is -2.26. The van der Waals surface area contributed by atoms with Crippen molar-refractivity contribution < 1.29 is 19.4 Å². The van der Waals surface area contributed by atoms with E-state index >= 15 is 0 Å². The quantitative estimate of drug-likeness (QED) is 0.886. The van der Waals surface area contributed by atoms with Crippen molar-refractivity contribution in [3.8, 4) is 11.5 Å². The molecule has 0 saturated heterocycles. The van der Waals surface area contributed by atoms with Crippen LogP contribution < -0.4 is 14.8 Å². The molecule has 2 aromatic carbocycles. The van der Waals surface area contributed by atoms with Crippen molar-refractivity contribution in [2.45, 2.75) is 26.4 Å². The van der Waals surface area contributed by atoms with E-state index < -0.39 is 6.10 Å². The summed E-state index contributed by atoms with van der Waals surface area (Å²) in [5, 5.41) is 13.2. The van der Waals surface area contributed by atoms with Crippen molar-refractivity contribution in [1.29, 1.82) is 0 Å². The van der Waals surface area contributed by atoms with Gasteiger partial charge in [0.15, 0.2) is 11.5 Å². The number of amides is 1. The van der Waals surface area contributed by atoms with Crippen LogP contribution in [-0.4, -0.2) is 24.4 Å². The Labute approximate surface area is 141 Å². The molecule has 2 N–H and O–H groups in total. The van der Waals surface area contributed by atoms with Crippen LogP contribution in [0.5, 0.6) is 11.5 Å². The van der Waals surface area contributed by atoms with E-state index in [1.54, 1.807) is 12.1 Å². The molecule has 1 unspecified atom stereocenters. The van der Waals surface area contributed by atoms with Gasteiger partial charge in [0.25, 0.3) is 5.91 Å². The molecule has 0 fully saturated rings. The standard InChI is InChI=1S/C19H21NO4/c1-12-3-4-13(2)15(9-12)19(22)20-8-7-16(21)14-5-6-17-18(10-14)24-11-23-17/h3-6,9-10,16,21H,7-8,11H2,1-2H3,(H,20,22). The summed E-state index contributed by atoms with van der Waals surface area (Å²) in [6.07, 6.45) is -0.241. The van der Waals surface area contributed by atoms with E-state index in [1.807, 2.05) is 38.1 Å². The Hall–Kier alpha value is -2.53. The fourth-order valence-electron chi connectivity index (χ4n) is 2.69. The number of hydrogen-bond donors (Lipinski definition) is 2. The molecular weight excluding hydrogens is 306 g/mol. The molecule has 24 heavy (non-hydrogen) atoms. The van der Waals surface area contributed by atoms with Gasteiger partial charge in [-0.15, -0.1) is 0 Å². The molecule has 5 heteroatoms. The summed E-state index contributed by atoms with van der Waals surface area (Å²) in [5.74, 6) is 1.22. The van der Waals surface area contributed by atoms with Crippen molar-refractivity contribution in [3.05, 3.63) is 58.7 Å². The minimum Gasteiger partial charge on any atom is -0.454 e. The Kier molecular flexibility index (Phi) is 4.71. The number of benzene rings is 2. The number of hydrogen-bond acceptors (Lipinski definition) is 4. The number of fused-ring (bicyclic) bond motifs is 1. The zero-order chi connectivity index (χ0) is 17.1. The van der Waals surface area contributed by atoms with Crippen LogP contribution >= 0.6 is 0 Å². The SMILES string of the molecule is Cc1ccc(C)c(C(=O)NCCC(O)c2ccc3c(c2)OCO3)c1. The third-order valence-corrected chi connectivity index (χ3v) is 4.12. The van der Waals surface area contributed by atoms with E-state index in [-0.39, 0.29) is 12.7 Å². The topological polar surface area (TPSA) is 67.8 Å². The van der Waals surface area contributed by atoms with Gasteiger partial charge in [0.05, 0.1) is 6.10 Å². The maximum absolute atomic E-state index is 12.3. The Bertz CT molecular complexity index is 757. The summed E-state index contributed by atoms with van der Waals surface area (Å²) >= 11 is 0. The van der Waals surface area contributed by atoms with Gasteiger partial charge in [0, 0.05) is 12.1 Å². The van der Waals surface area contributed by atoms with E-state index in [1.165, 1.54) is 0 Å². The third-order valence-electron chi connectivity index (χ3n) is 4.12. The lowest BCUT2D eigenvalue weighted by molar-refractivity contribution is 0.0942. The molecule has 5 nitrogen and oxygen atoms in total. The van der Waals surface area contributed by atoms with Gasteiger partial charge in [-0.3, -0.25) is 4.79 Å². The molecule has 0 aromatic heterocycles. The molecule has 1 heterocycles. The van der Waals surface area contributed by atoms with Crippen LogP contribution in [0.25, 0.3) is 0 Å². The minimum atomic E-state index is -0.668. The van der Waals surface area contributed by atoms with Crippen LogP contribution in [0.4, 0.5) is 0 Å². The zero-order valence-corrected chi connectivity index (χ0v) is 13.8. The van der Waals surface area contributed by atoms with Crippen molar-refractivity contribution >= 4 is 5.91 Å². The molecule has 0 saturated carbocycles. The Morgan fingerprint density at radius 1 is 1.17 bits per heavy atom. The molecule has 126 valence electrons. The second-order valence-electron chi connectivity index (χ2n) is 5.99. The molecule has 1 atom stereocenters. The molecule has 2 aromatic rings. The van der Waals surface area contributed by atoms with Gasteiger partial charge in [-0.1, -0.05) is 23.8 Å². The van der Waals surface area contributed by atoms with Crippen LogP contribution in [-0.2, 0) is 0 Å². The third kappa shape index (κ3) is 3.51. The maximum Gasteiger partial charge on any atom is 0.251 e. The summed E-state index contributed by atoms with van der Waals surface area (Å²) in [4.78, 5) is 12.3. The predicted octanol–water partition coefficient (Wildman–Crippen LogP) is 2.89. The Balaban J connectivity index is 1.56. The molecule has 0 radical (unpaired) electrons. The van der Waals surface area contributed by atoms with E-state index in [0.29, 0.717) is 30.0 Å². The molecule has 0 spiro atoms. The van der Waals surface area contributed by atoms with Crippen LogP contribution in [0.2, 0.25) is 0 Å². The average Bonchev–Trinajstić information content (AvgIpc) is 3.04. The highest BCUT2D eigenvalue weighted by Crippen LogP contribution is 2.34. The van der Waals surface area contributed by atoms with Crippen LogP contribution in [0, 0.1) is 13.8 Å². The molecule has 1 amide bonds. The van der Waals surface area contributed by atoms with Crippen molar-refractivity contribution in [3.63, 3.8) is 0 Å². The highest BCUT2D eigenvalue weighted by Gasteiger charge is 2.17.